The number of nitrogens with zero attached hydrogens (tertiary/aromatic N) is 1. The Bertz CT molecular complexity index is 326. The molecule has 0 amide bonds. The van der Waals surface area contributed by atoms with Crippen LogP contribution in [0.15, 0.2) is 24.3 Å². The molecule has 1 rings (SSSR count). The van der Waals surface area contributed by atoms with E-state index in [-0.39, 0.29) is 11.8 Å². The van der Waals surface area contributed by atoms with Gasteiger partial charge < -0.3 is 4.43 Å². The number of rotatable bonds is 4. The smallest absolute Gasteiger partial charge is 0.275 e. The summed E-state index contributed by atoms with van der Waals surface area (Å²) in [6.45, 7) is 1.90. The Kier molecular flexibility index (Phi) is 3.79. The zero-order chi connectivity index (χ0) is 10.6. The normalized spacial score (nSPS) is 12.4. The van der Waals surface area contributed by atoms with Crippen molar-refractivity contribution in [2.24, 2.45) is 0 Å². The van der Waals surface area contributed by atoms with Crippen LogP contribution in [0.2, 0.25) is 0 Å². The molecule has 73 valence electrons. The van der Waals surface area contributed by atoms with E-state index in [0.29, 0.717) is 12.0 Å². The minimum atomic E-state index is -0.400. The van der Waals surface area contributed by atoms with Crippen molar-refractivity contribution < 1.29 is 9.35 Å². The number of nitro groups is 1. The Balaban J connectivity index is 3.11. The molecule has 0 spiro atoms. The fraction of sp³-hybridized carbons (Fsp3) is 0.333. The maximum atomic E-state index is 10.7. The highest BCUT2D eigenvalue weighted by molar-refractivity contribution is 5.98. The van der Waals surface area contributed by atoms with Gasteiger partial charge in [0.1, 0.15) is 0 Å². The van der Waals surface area contributed by atoms with Crippen molar-refractivity contribution >= 4 is 16.2 Å². The van der Waals surface area contributed by atoms with Gasteiger partial charge in [-0.25, -0.2) is 0 Å². The molecule has 1 aromatic carbocycles. The van der Waals surface area contributed by atoms with Gasteiger partial charge in [-0.3, -0.25) is 10.1 Å². The van der Waals surface area contributed by atoms with E-state index in [2.05, 4.69) is 10.5 Å². The third-order valence-corrected chi connectivity index (χ3v) is 2.28. The summed E-state index contributed by atoms with van der Waals surface area (Å²) < 4.78 is 4.98. The molecule has 0 bridgehead atoms. The van der Waals surface area contributed by atoms with Crippen molar-refractivity contribution in [1.82, 2.24) is 0 Å². The van der Waals surface area contributed by atoms with Gasteiger partial charge in [-0.05, 0) is 12.5 Å². The number of para-hydroxylation sites is 1. The Morgan fingerprint density at radius 2 is 2.21 bits per heavy atom. The number of nitro benzene ring substituents is 1. The first-order valence-corrected chi connectivity index (χ1v) is 4.67. The van der Waals surface area contributed by atoms with Crippen LogP contribution in [-0.4, -0.2) is 15.4 Å². The maximum absolute atomic E-state index is 10.7. The monoisotopic (exact) mass is 208 g/mol. The molecule has 14 heavy (non-hydrogen) atoms. The lowest BCUT2D eigenvalue weighted by Gasteiger charge is -2.13. The third kappa shape index (κ3) is 2.18. The summed E-state index contributed by atoms with van der Waals surface area (Å²) in [5, 5.41) is 10.7. The van der Waals surface area contributed by atoms with E-state index in [1.165, 1.54) is 6.07 Å². The molecule has 0 aliphatic heterocycles. The summed E-state index contributed by atoms with van der Waals surface area (Å²) >= 11 is 0. The molecule has 1 aromatic rings. The molecule has 3 radical (unpaired) electrons. The molecule has 4 nitrogen and oxygen atoms in total. The van der Waals surface area contributed by atoms with Crippen LogP contribution in [0.25, 0.3) is 0 Å². The van der Waals surface area contributed by atoms with Crippen LogP contribution in [0.4, 0.5) is 5.69 Å². The van der Waals surface area contributed by atoms with Crippen LogP contribution >= 0.6 is 0 Å². The second-order valence-corrected chi connectivity index (χ2v) is 3.07. The van der Waals surface area contributed by atoms with Crippen molar-refractivity contribution in [3.05, 3.63) is 39.9 Å². The minimum Gasteiger partial charge on any atom is -0.412 e. The lowest BCUT2D eigenvalue weighted by atomic mass is 10.1. The molecule has 1 unspecified atom stereocenters. The Morgan fingerprint density at radius 1 is 1.57 bits per heavy atom. The first kappa shape index (κ1) is 10.9. The largest absolute Gasteiger partial charge is 0.412 e. The third-order valence-electron chi connectivity index (χ3n) is 1.99. The van der Waals surface area contributed by atoms with E-state index in [9.17, 15) is 10.1 Å². The van der Waals surface area contributed by atoms with Gasteiger partial charge in [0.05, 0.1) is 16.6 Å². The molecule has 0 fully saturated rings. The van der Waals surface area contributed by atoms with Crippen LogP contribution in [0.5, 0.6) is 0 Å². The molecule has 0 aromatic heterocycles. The molecule has 0 heterocycles. The molecule has 0 saturated heterocycles. The summed E-state index contributed by atoms with van der Waals surface area (Å²) in [6, 6.07) is 6.58. The van der Waals surface area contributed by atoms with Crippen molar-refractivity contribution in [2.75, 3.05) is 0 Å². The first-order chi connectivity index (χ1) is 6.70. The molecule has 0 aliphatic carbocycles. The highest BCUT2D eigenvalue weighted by Gasteiger charge is 2.19. The second-order valence-electron chi connectivity index (χ2n) is 2.83. The lowest BCUT2D eigenvalue weighted by Crippen LogP contribution is -2.04. The fourth-order valence-electron chi connectivity index (χ4n) is 1.29. The van der Waals surface area contributed by atoms with E-state index < -0.39 is 4.92 Å². The van der Waals surface area contributed by atoms with Crippen LogP contribution in [0, 0.1) is 10.1 Å². The van der Waals surface area contributed by atoms with Gasteiger partial charge in [-0.2, -0.15) is 0 Å². The summed E-state index contributed by atoms with van der Waals surface area (Å²) in [4.78, 5) is 10.3. The van der Waals surface area contributed by atoms with E-state index >= 15 is 0 Å². The summed E-state index contributed by atoms with van der Waals surface area (Å²) in [5.74, 6) is 0. The predicted octanol–water partition coefficient (Wildman–Crippen LogP) is 2.15. The average molecular weight is 208 g/mol. The Morgan fingerprint density at radius 3 is 2.71 bits per heavy atom. The minimum absolute atomic E-state index is 0.0950. The Labute approximate surface area is 85.6 Å². The lowest BCUT2D eigenvalue weighted by molar-refractivity contribution is -0.386. The van der Waals surface area contributed by atoms with E-state index in [1.807, 2.05) is 6.92 Å². The summed E-state index contributed by atoms with van der Waals surface area (Å²) in [5.41, 5.74) is 0.688. The van der Waals surface area contributed by atoms with E-state index in [4.69, 9.17) is 4.43 Å². The quantitative estimate of drug-likeness (QED) is 0.433. The fourth-order valence-corrected chi connectivity index (χ4v) is 1.59. The van der Waals surface area contributed by atoms with Crippen molar-refractivity contribution in [2.45, 2.75) is 19.4 Å². The zero-order valence-electron chi connectivity index (χ0n) is 7.77. The summed E-state index contributed by atoms with van der Waals surface area (Å²) in [6.07, 6.45) is 0.391. The Hall–Kier alpha value is -1.20. The highest BCUT2D eigenvalue weighted by atomic mass is 28.2. The van der Waals surface area contributed by atoms with Gasteiger partial charge >= 0.3 is 0 Å². The topological polar surface area (TPSA) is 52.4 Å². The highest BCUT2D eigenvalue weighted by Crippen LogP contribution is 2.28. The zero-order valence-corrected chi connectivity index (χ0v) is 8.77. The van der Waals surface area contributed by atoms with Crippen molar-refractivity contribution in [3.8, 4) is 0 Å². The molecule has 1 atom stereocenters. The predicted molar refractivity (Wildman–Crippen MR) is 53.0 cm³/mol. The van der Waals surface area contributed by atoms with Gasteiger partial charge in [0.15, 0.2) is 0 Å². The van der Waals surface area contributed by atoms with E-state index in [1.54, 1.807) is 18.2 Å². The van der Waals surface area contributed by atoms with Gasteiger partial charge in [0, 0.05) is 6.07 Å². The first-order valence-electron chi connectivity index (χ1n) is 4.26. The van der Waals surface area contributed by atoms with Gasteiger partial charge in [-0.1, -0.05) is 19.1 Å². The van der Waals surface area contributed by atoms with Crippen molar-refractivity contribution in [3.63, 3.8) is 0 Å². The molecular formula is C9H10NO3Si. The van der Waals surface area contributed by atoms with Gasteiger partial charge in [-0.15, -0.1) is 0 Å². The summed E-state index contributed by atoms with van der Waals surface area (Å²) in [7, 11) is 2.92. The van der Waals surface area contributed by atoms with Crippen molar-refractivity contribution in [1.29, 1.82) is 0 Å². The molecule has 0 N–H and O–H groups in total. The SMILES string of the molecule is CCC(O[Si])c1ccccc1[N+](=O)[O-]. The number of benzene rings is 1. The molecular weight excluding hydrogens is 198 g/mol. The molecule has 5 heteroatoms. The second kappa shape index (κ2) is 4.87. The van der Waals surface area contributed by atoms with Gasteiger partial charge in [0.2, 0.25) is 10.5 Å². The standard InChI is InChI=1S/C9H10NO3Si/c1-2-9(13-14)7-5-3-4-6-8(7)10(11)12/h3-6,9H,2H2,1H3. The average Bonchev–Trinajstić information content (AvgIpc) is 2.20. The number of hydrogen-bond donors (Lipinski definition) is 0. The maximum Gasteiger partial charge on any atom is 0.275 e. The molecule has 0 saturated carbocycles. The molecule has 0 aliphatic rings. The van der Waals surface area contributed by atoms with Crippen LogP contribution < -0.4 is 0 Å². The number of hydrogen-bond acceptors (Lipinski definition) is 3. The van der Waals surface area contributed by atoms with Crippen LogP contribution in [0.3, 0.4) is 0 Å². The van der Waals surface area contributed by atoms with Gasteiger partial charge in [0.25, 0.3) is 5.69 Å². The van der Waals surface area contributed by atoms with Crippen LogP contribution in [-0.2, 0) is 4.43 Å². The van der Waals surface area contributed by atoms with E-state index in [0.717, 1.165) is 0 Å². The van der Waals surface area contributed by atoms with Crippen LogP contribution in [0.1, 0.15) is 25.0 Å².